The Kier molecular flexibility index (Phi) is 5.66. The van der Waals surface area contributed by atoms with E-state index in [0.29, 0.717) is 12.1 Å². The van der Waals surface area contributed by atoms with E-state index in [-0.39, 0.29) is 5.54 Å². The van der Waals surface area contributed by atoms with Gasteiger partial charge in [-0.15, -0.1) is 0 Å². The molecule has 116 valence electrons. The van der Waals surface area contributed by atoms with Gasteiger partial charge in [-0.25, -0.2) is 0 Å². The van der Waals surface area contributed by atoms with Gasteiger partial charge in [-0.05, 0) is 39.8 Å². The minimum absolute atomic E-state index is 0.203. The van der Waals surface area contributed by atoms with E-state index in [1.165, 1.54) is 32.1 Å². The summed E-state index contributed by atoms with van der Waals surface area (Å²) < 4.78 is 5.57. The molecule has 2 rings (SSSR count). The third-order valence-corrected chi connectivity index (χ3v) is 4.81. The molecule has 1 saturated heterocycles. The molecule has 5 heteroatoms. The Hall–Kier alpha value is -0.810. The molecular formula is C15H30N4O. The van der Waals surface area contributed by atoms with E-state index in [0.717, 1.165) is 32.5 Å². The first-order valence-corrected chi connectivity index (χ1v) is 7.95. The second-order valence-corrected chi connectivity index (χ2v) is 6.40. The largest absolute Gasteiger partial charge is 0.376 e. The number of nitrogens with one attached hydrogen (secondary N) is 1. The highest BCUT2D eigenvalue weighted by Crippen LogP contribution is 2.32. The second kappa shape index (κ2) is 7.27. The fourth-order valence-electron chi connectivity index (χ4n) is 3.27. The molecule has 0 aromatic rings. The maximum atomic E-state index is 5.99. The van der Waals surface area contributed by atoms with Crippen LogP contribution in [0.25, 0.3) is 0 Å². The lowest BCUT2D eigenvalue weighted by atomic mass is 9.81. The van der Waals surface area contributed by atoms with E-state index in [2.05, 4.69) is 29.3 Å². The Morgan fingerprint density at radius 2 is 2.05 bits per heavy atom. The maximum absolute atomic E-state index is 5.99. The zero-order valence-corrected chi connectivity index (χ0v) is 13.0. The summed E-state index contributed by atoms with van der Waals surface area (Å²) in [5, 5.41) is 3.20. The Morgan fingerprint density at radius 1 is 1.30 bits per heavy atom. The van der Waals surface area contributed by atoms with Crippen LogP contribution in [-0.2, 0) is 4.74 Å². The van der Waals surface area contributed by atoms with E-state index < -0.39 is 0 Å². The zero-order chi connectivity index (χ0) is 14.4. The minimum atomic E-state index is 0.203. The number of hydrogen-bond donors (Lipinski definition) is 2. The van der Waals surface area contributed by atoms with Gasteiger partial charge >= 0.3 is 0 Å². The molecule has 1 saturated carbocycles. The van der Waals surface area contributed by atoms with Gasteiger partial charge in [0, 0.05) is 18.7 Å². The third kappa shape index (κ3) is 4.09. The van der Waals surface area contributed by atoms with Crippen LogP contribution in [0.5, 0.6) is 0 Å². The number of rotatable bonds is 5. The highest BCUT2D eigenvalue weighted by Gasteiger charge is 2.33. The van der Waals surface area contributed by atoms with E-state index in [9.17, 15) is 0 Å². The average molecular weight is 282 g/mol. The van der Waals surface area contributed by atoms with Gasteiger partial charge in [0.05, 0.1) is 12.6 Å². The summed E-state index contributed by atoms with van der Waals surface area (Å²) in [6.07, 6.45) is 9.00. The summed E-state index contributed by atoms with van der Waals surface area (Å²) >= 11 is 0. The predicted octanol–water partition coefficient (Wildman–Crippen LogP) is 1.33. The second-order valence-electron chi connectivity index (χ2n) is 6.40. The van der Waals surface area contributed by atoms with Crippen LogP contribution in [-0.4, -0.2) is 56.3 Å². The molecule has 1 heterocycles. The molecule has 0 bridgehead atoms. The molecule has 0 amide bonds. The number of likely N-dealkylation sites (N-methyl/N-ethyl adjacent to an activating group) is 1. The van der Waals surface area contributed by atoms with Crippen molar-refractivity contribution in [2.45, 2.75) is 56.6 Å². The monoisotopic (exact) mass is 282 g/mol. The van der Waals surface area contributed by atoms with Crippen molar-refractivity contribution in [3.63, 3.8) is 0 Å². The highest BCUT2D eigenvalue weighted by molar-refractivity contribution is 5.77. The van der Waals surface area contributed by atoms with Crippen molar-refractivity contribution in [1.82, 2.24) is 10.2 Å². The Morgan fingerprint density at radius 3 is 2.65 bits per heavy atom. The molecular weight excluding hydrogens is 252 g/mol. The third-order valence-electron chi connectivity index (χ3n) is 4.81. The van der Waals surface area contributed by atoms with Crippen molar-refractivity contribution < 1.29 is 4.74 Å². The molecule has 0 aromatic heterocycles. The average Bonchev–Trinajstić information content (AvgIpc) is 2.97. The summed E-state index contributed by atoms with van der Waals surface area (Å²) in [6.45, 7) is 2.46. The van der Waals surface area contributed by atoms with Gasteiger partial charge in [0.25, 0.3) is 0 Å². The van der Waals surface area contributed by atoms with E-state index in [1.54, 1.807) is 0 Å². The Bertz CT molecular complexity index is 318. The van der Waals surface area contributed by atoms with Crippen molar-refractivity contribution in [3.05, 3.63) is 0 Å². The fraction of sp³-hybridized carbons (Fsp3) is 0.933. The molecule has 0 radical (unpaired) electrons. The van der Waals surface area contributed by atoms with E-state index >= 15 is 0 Å². The van der Waals surface area contributed by atoms with E-state index in [4.69, 9.17) is 10.5 Å². The number of nitrogens with zero attached hydrogens (tertiary/aromatic N) is 2. The zero-order valence-electron chi connectivity index (χ0n) is 13.0. The number of nitrogens with two attached hydrogens (primary N) is 1. The first-order chi connectivity index (χ1) is 9.62. The molecule has 2 aliphatic rings. The molecule has 2 fully saturated rings. The van der Waals surface area contributed by atoms with Crippen LogP contribution in [0.1, 0.15) is 44.9 Å². The van der Waals surface area contributed by atoms with Crippen LogP contribution in [0, 0.1) is 0 Å². The van der Waals surface area contributed by atoms with Crippen LogP contribution in [0.15, 0.2) is 4.99 Å². The van der Waals surface area contributed by atoms with Gasteiger partial charge in [0.1, 0.15) is 0 Å². The van der Waals surface area contributed by atoms with Gasteiger partial charge in [-0.1, -0.05) is 19.3 Å². The van der Waals surface area contributed by atoms with Crippen LogP contribution in [0.4, 0.5) is 0 Å². The lowest BCUT2D eigenvalue weighted by molar-refractivity contribution is 0.109. The highest BCUT2D eigenvalue weighted by atomic mass is 16.5. The molecule has 0 spiro atoms. The number of guanidine groups is 1. The van der Waals surface area contributed by atoms with Crippen LogP contribution < -0.4 is 11.1 Å². The van der Waals surface area contributed by atoms with Gasteiger partial charge in [-0.3, -0.25) is 4.99 Å². The van der Waals surface area contributed by atoms with Crippen LogP contribution in [0.2, 0.25) is 0 Å². The molecule has 5 nitrogen and oxygen atoms in total. The van der Waals surface area contributed by atoms with Gasteiger partial charge in [0.2, 0.25) is 0 Å². The summed E-state index contributed by atoms with van der Waals surface area (Å²) in [7, 11) is 4.33. The van der Waals surface area contributed by atoms with Crippen molar-refractivity contribution in [2.75, 3.05) is 33.8 Å². The van der Waals surface area contributed by atoms with E-state index in [1.807, 2.05) is 0 Å². The molecule has 1 atom stereocenters. The fourth-order valence-corrected chi connectivity index (χ4v) is 3.27. The summed E-state index contributed by atoms with van der Waals surface area (Å²) in [5.41, 5.74) is 6.20. The van der Waals surface area contributed by atoms with Gasteiger partial charge in [0.15, 0.2) is 5.96 Å². The molecule has 1 unspecified atom stereocenters. The Labute approximate surface area is 122 Å². The summed E-state index contributed by atoms with van der Waals surface area (Å²) in [4.78, 5) is 6.92. The molecule has 20 heavy (non-hydrogen) atoms. The van der Waals surface area contributed by atoms with Crippen LogP contribution in [0.3, 0.4) is 0 Å². The standard InChI is InChI=1S/C15H30N4O/c1-19(2)15(8-4-3-5-9-15)12-18-14(16)17-11-13-7-6-10-20-13/h13H,3-12H2,1-2H3,(H3,16,17,18). The molecule has 3 N–H and O–H groups in total. The first kappa shape index (κ1) is 15.6. The maximum Gasteiger partial charge on any atom is 0.188 e. The first-order valence-electron chi connectivity index (χ1n) is 7.95. The topological polar surface area (TPSA) is 62.9 Å². The normalized spacial score (nSPS) is 26.9. The van der Waals surface area contributed by atoms with Gasteiger partial charge in [-0.2, -0.15) is 0 Å². The number of hydrogen-bond acceptors (Lipinski definition) is 3. The van der Waals surface area contributed by atoms with Gasteiger partial charge < -0.3 is 20.7 Å². The summed E-state index contributed by atoms with van der Waals surface area (Å²) in [5.74, 6) is 0.562. The molecule has 0 aromatic carbocycles. The molecule has 1 aliphatic heterocycles. The van der Waals surface area contributed by atoms with Crippen molar-refractivity contribution in [2.24, 2.45) is 10.7 Å². The lowest BCUT2D eigenvalue weighted by Gasteiger charge is -2.42. The smallest absolute Gasteiger partial charge is 0.188 e. The van der Waals surface area contributed by atoms with Crippen LogP contribution >= 0.6 is 0 Å². The Balaban J connectivity index is 1.81. The summed E-state index contributed by atoms with van der Waals surface area (Å²) in [6, 6.07) is 0. The number of aliphatic imine (C=N–C) groups is 1. The quantitative estimate of drug-likeness (QED) is 0.590. The number of ether oxygens (including phenoxy) is 1. The lowest BCUT2D eigenvalue weighted by Crippen LogP contribution is -2.49. The van der Waals surface area contributed by atoms with Crippen molar-refractivity contribution in [3.8, 4) is 0 Å². The predicted molar refractivity (Wildman–Crippen MR) is 83.0 cm³/mol. The van der Waals surface area contributed by atoms with Crippen molar-refractivity contribution in [1.29, 1.82) is 0 Å². The van der Waals surface area contributed by atoms with Crippen molar-refractivity contribution >= 4 is 5.96 Å². The minimum Gasteiger partial charge on any atom is -0.376 e. The molecule has 1 aliphatic carbocycles. The SMILES string of the molecule is CN(C)C1(CN=C(N)NCC2CCCO2)CCCCC1.